The zero-order chi connectivity index (χ0) is 14.4. The molecule has 0 aliphatic heterocycles. The fourth-order valence-corrected chi connectivity index (χ4v) is 2.75. The molecule has 2 aromatic carbocycles. The van der Waals surface area contributed by atoms with Gasteiger partial charge in [-0.3, -0.25) is 4.79 Å². The van der Waals surface area contributed by atoms with E-state index in [1.54, 1.807) is 12.1 Å². The molecule has 0 atom stereocenters. The lowest BCUT2D eigenvalue weighted by Crippen LogP contribution is -2.10. The van der Waals surface area contributed by atoms with Crippen LogP contribution in [0.15, 0.2) is 48.5 Å². The Hall–Kier alpha value is -1.78. The van der Waals surface area contributed by atoms with E-state index in [4.69, 9.17) is 10.8 Å². The second-order valence-electron chi connectivity index (χ2n) is 4.53. The minimum absolute atomic E-state index is 0.0830. The Labute approximate surface area is 122 Å². The van der Waals surface area contributed by atoms with Crippen LogP contribution in [0.1, 0.15) is 27.0 Å². The Morgan fingerprint density at radius 2 is 1.35 bits per heavy atom. The number of carbonyl (C=O) groups excluding carboxylic acids is 1. The maximum absolute atomic E-state index is 11.0. The average molecular weight is 287 g/mol. The molecule has 4 heteroatoms. The number of nitrogens with two attached hydrogens (primary N) is 1. The van der Waals surface area contributed by atoms with Crippen molar-refractivity contribution in [1.29, 1.82) is 0 Å². The van der Waals surface area contributed by atoms with E-state index in [0.29, 0.717) is 5.56 Å². The molecule has 0 unspecified atom stereocenters. The Kier molecular flexibility index (Phi) is 5.21. The Bertz CT molecular complexity index is 564. The summed E-state index contributed by atoms with van der Waals surface area (Å²) in [6, 6.07) is 15.3. The number of hydrogen-bond donors (Lipinski definition) is 2. The van der Waals surface area contributed by atoms with E-state index in [0.717, 1.165) is 17.1 Å². The van der Waals surface area contributed by atoms with Crippen LogP contribution >= 0.6 is 11.8 Å². The molecule has 0 bridgehead atoms. The summed E-state index contributed by atoms with van der Waals surface area (Å²) in [4.78, 5) is 11.0. The van der Waals surface area contributed by atoms with Gasteiger partial charge in [0.05, 0.1) is 6.61 Å². The number of primary amides is 1. The molecule has 2 rings (SSSR count). The highest BCUT2D eigenvalue weighted by molar-refractivity contribution is 7.97. The maximum Gasteiger partial charge on any atom is 0.248 e. The minimum atomic E-state index is -0.395. The summed E-state index contributed by atoms with van der Waals surface area (Å²) in [5.41, 5.74) is 9.08. The molecule has 0 aliphatic rings. The normalized spacial score (nSPS) is 10.4. The van der Waals surface area contributed by atoms with Gasteiger partial charge in [-0.05, 0) is 28.8 Å². The number of aliphatic hydroxyl groups is 1. The number of benzene rings is 2. The van der Waals surface area contributed by atoms with Gasteiger partial charge < -0.3 is 10.8 Å². The van der Waals surface area contributed by atoms with Crippen molar-refractivity contribution in [3.63, 3.8) is 0 Å². The van der Waals surface area contributed by atoms with E-state index in [9.17, 15) is 4.79 Å². The van der Waals surface area contributed by atoms with E-state index in [1.165, 1.54) is 11.1 Å². The van der Waals surface area contributed by atoms with Gasteiger partial charge in [0.1, 0.15) is 0 Å². The molecule has 0 spiro atoms. The van der Waals surface area contributed by atoms with E-state index < -0.39 is 5.91 Å². The van der Waals surface area contributed by atoms with Crippen molar-refractivity contribution in [3.05, 3.63) is 70.8 Å². The molecule has 0 aliphatic carbocycles. The molecular weight excluding hydrogens is 270 g/mol. The Morgan fingerprint density at radius 3 is 1.80 bits per heavy atom. The van der Waals surface area contributed by atoms with Gasteiger partial charge in [0.25, 0.3) is 0 Å². The maximum atomic E-state index is 11.0. The molecular formula is C16H17NO2S. The lowest BCUT2D eigenvalue weighted by Gasteiger charge is -2.04. The molecule has 3 nitrogen and oxygen atoms in total. The van der Waals surface area contributed by atoms with Crippen molar-refractivity contribution in [1.82, 2.24) is 0 Å². The number of aliphatic hydroxyl groups excluding tert-OH is 1. The standard InChI is InChI=1S/C16H17NO2S/c17-16(19)15-7-5-14(6-8-15)11-20-10-13-3-1-12(9-18)2-4-13/h1-8,18H,9-11H2,(H2,17,19). The topological polar surface area (TPSA) is 63.3 Å². The van der Waals surface area contributed by atoms with Gasteiger partial charge in [0.15, 0.2) is 0 Å². The van der Waals surface area contributed by atoms with Crippen LogP contribution in [0.25, 0.3) is 0 Å². The van der Waals surface area contributed by atoms with Crippen LogP contribution in [0.3, 0.4) is 0 Å². The van der Waals surface area contributed by atoms with Crippen molar-refractivity contribution < 1.29 is 9.90 Å². The highest BCUT2D eigenvalue weighted by Gasteiger charge is 2.00. The molecule has 0 aromatic heterocycles. The first-order valence-electron chi connectivity index (χ1n) is 6.34. The lowest BCUT2D eigenvalue weighted by atomic mass is 10.1. The molecule has 104 valence electrons. The lowest BCUT2D eigenvalue weighted by molar-refractivity contribution is 0.100. The second kappa shape index (κ2) is 7.12. The summed E-state index contributed by atoms with van der Waals surface area (Å²) in [5, 5.41) is 8.98. The third-order valence-corrected chi connectivity index (χ3v) is 4.06. The Balaban J connectivity index is 1.84. The van der Waals surface area contributed by atoms with Crippen LogP contribution in [0.5, 0.6) is 0 Å². The fourth-order valence-electron chi connectivity index (χ4n) is 1.79. The van der Waals surface area contributed by atoms with Crippen molar-refractivity contribution in [2.45, 2.75) is 18.1 Å². The second-order valence-corrected chi connectivity index (χ2v) is 5.51. The summed E-state index contributed by atoms with van der Waals surface area (Å²) < 4.78 is 0. The monoisotopic (exact) mass is 287 g/mol. The first-order valence-corrected chi connectivity index (χ1v) is 7.49. The van der Waals surface area contributed by atoms with E-state index >= 15 is 0 Å². The molecule has 0 radical (unpaired) electrons. The number of carbonyl (C=O) groups is 1. The first kappa shape index (κ1) is 14.6. The van der Waals surface area contributed by atoms with Gasteiger partial charge in [0.2, 0.25) is 5.91 Å². The molecule has 0 heterocycles. The predicted octanol–water partition coefficient (Wildman–Crippen LogP) is 2.71. The molecule has 0 saturated heterocycles. The van der Waals surface area contributed by atoms with E-state index in [-0.39, 0.29) is 6.61 Å². The van der Waals surface area contributed by atoms with Gasteiger partial charge in [-0.15, -0.1) is 0 Å². The SMILES string of the molecule is NC(=O)c1ccc(CSCc2ccc(CO)cc2)cc1. The number of amides is 1. The zero-order valence-electron chi connectivity index (χ0n) is 11.1. The molecule has 20 heavy (non-hydrogen) atoms. The van der Waals surface area contributed by atoms with Gasteiger partial charge in [-0.25, -0.2) is 0 Å². The van der Waals surface area contributed by atoms with Gasteiger partial charge in [-0.1, -0.05) is 36.4 Å². The quantitative estimate of drug-likeness (QED) is 0.858. The van der Waals surface area contributed by atoms with Crippen LogP contribution in [0.4, 0.5) is 0 Å². The van der Waals surface area contributed by atoms with Crippen LogP contribution < -0.4 is 5.73 Å². The van der Waals surface area contributed by atoms with Crippen molar-refractivity contribution >= 4 is 17.7 Å². The fraction of sp³-hybridized carbons (Fsp3) is 0.188. The largest absolute Gasteiger partial charge is 0.392 e. The van der Waals surface area contributed by atoms with Gasteiger partial charge in [-0.2, -0.15) is 11.8 Å². The highest BCUT2D eigenvalue weighted by atomic mass is 32.2. The molecule has 3 N–H and O–H groups in total. The third-order valence-electron chi connectivity index (χ3n) is 2.98. The summed E-state index contributed by atoms with van der Waals surface area (Å²) >= 11 is 1.81. The summed E-state index contributed by atoms with van der Waals surface area (Å²) in [7, 11) is 0. The zero-order valence-corrected chi connectivity index (χ0v) is 11.9. The van der Waals surface area contributed by atoms with Crippen LogP contribution in [-0.4, -0.2) is 11.0 Å². The van der Waals surface area contributed by atoms with Gasteiger partial charge >= 0.3 is 0 Å². The van der Waals surface area contributed by atoms with E-state index in [2.05, 4.69) is 0 Å². The Morgan fingerprint density at radius 1 is 0.900 bits per heavy atom. The summed E-state index contributed by atoms with van der Waals surface area (Å²) in [5.74, 6) is 1.41. The predicted molar refractivity (Wildman–Crippen MR) is 82.3 cm³/mol. The average Bonchev–Trinajstić information content (AvgIpc) is 2.48. The van der Waals surface area contributed by atoms with Crippen LogP contribution in [-0.2, 0) is 18.1 Å². The summed E-state index contributed by atoms with van der Waals surface area (Å²) in [6.45, 7) is 0.0830. The third kappa shape index (κ3) is 4.11. The number of rotatable bonds is 6. The number of thioether (sulfide) groups is 1. The first-order chi connectivity index (χ1) is 9.69. The minimum Gasteiger partial charge on any atom is -0.392 e. The van der Waals surface area contributed by atoms with E-state index in [1.807, 2.05) is 48.2 Å². The van der Waals surface area contributed by atoms with Gasteiger partial charge in [0, 0.05) is 17.1 Å². The molecule has 0 saturated carbocycles. The highest BCUT2D eigenvalue weighted by Crippen LogP contribution is 2.18. The van der Waals surface area contributed by atoms with Crippen LogP contribution in [0.2, 0.25) is 0 Å². The van der Waals surface area contributed by atoms with Crippen molar-refractivity contribution in [2.24, 2.45) is 5.73 Å². The van der Waals surface area contributed by atoms with Crippen molar-refractivity contribution in [3.8, 4) is 0 Å². The number of hydrogen-bond acceptors (Lipinski definition) is 3. The van der Waals surface area contributed by atoms with Crippen LogP contribution in [0, 0.1) is 0 Å². The smallest absolute Gasteiger partial charge is 0.248 e. The van der Waals surface area contributed by atoms with Crippen molar-refractivity contribution in [2.75, 3.05) is 0 Å². The molecule has 2 aromatic rings. The summed E-state index contributed by atoms with van der Waals surface area (Å²) in [6.07, 6.45) is 0. The molecule has 0 fully saturated rings. The molecule has 1 amide bonds.